The SMILES string of the molecule is CC(C)COc1c[nH]c(CNC(=O)CCCOc2ccccc2)cc1=O. The zero-order chi connectivity index (χ0) is 18.8. The highest BCUT2D eigenvalue weighted by Gasteiger charge is 2.06. The summed E-state index contributed by atoms with van der Waals surface area (Å²) in [6.07, 6.45) is 2.53. The minimum atomic E-state index is -0.190. The van der Waals surface area contributed by atoms with Gasteiger partial charge in [-0.15, -0.1) is 0 Å². The number of amides is 1. The molecule has 0 saturated heterocycles. The Morgan fingerprint density at radius 1 is 1.19 bits per heavy atom. The van der Waals surface area contributed by atoms with Crippen LogP contribution in [0.3, 0.4) is 0 Å². The summed E-state index contributed by atoms with van der Waals surface area (Å²) in [7, 11) is 0. The Bertz CT molecular complexity index is 741. The number of nitrogens with one attached hydrogen (secondary N) is 2. The van der Waals surface area contributed by atoms with Crippen molar-refractivity contribution < 1.29 is 14.3 Å². The topological polar surface area (TPSA) is 80.4 Å². The summed E-state index contributed by atoms with van der Waals surface area (Å²) >= 11 is 0. The molecule has 0 aliphatic carbocycles. The first-order valence-electron chi connectivity index (χ1n) is 8.83. The molecular weight excluding hydrogens is 332 g/mol. The van der Waals surface area contributed by atoms with Crippen LogP contribution in [-0.4, -0.2) is 24.1 Å². The average Bonchev–Trinajstić information content (AvgIpc) is 2.63. The highest BCUT2D eigenvalue weighted by Crippen LogP contribution is 2.09. The Kier molecular flexibility index (Phi) is 7.74. The average molecular weight is 358 g/mol. The molecule has 1 aromatic heterocycles. The van der Waals surface area contributed by atoms with Crippen LogP contribution in [0.2, 0.25) is 0 Å². The molecular formula is C20H26N2O4. The number of rotatable bonds is 10. The van der Waals surface area contributed by atoms with Crippen molar-refractivity contribution in [3.05, 3.63) is 58.5 Å². The molecule has 0 unspecified atom stereocenters. The summed E-state index contributed by atoms with van der Waals surface area (Å²) in [6, 6.07) is 10.9. The van der Waals surface area contributed by atoms with Crippen molar-refractivity contribution in [1.29, 1.82) is 0 Å². The van der Waals surface area contributed by atoms with Gasteiger partial charge in [0.25, 0.3) is 0 Å². The van der Waals surface area contributed by atoms with Crippen LogP contribution >= 0.6 is 0 Å². The Balaban J connectivity index is 1.68. The lowest BCUT2D eigenvalue weighted by Gasteiger charge is -2.09. The minimum Gasteiger partial charge on any atom is -0.494 e. The molecule has 1 amide bonds. The third-order valence-corrected chi connectivity index (χ3v) is 3.55. The van der Waals surface area contributed by atoms with E-state index < -0.39 is 0 Å². The molecule has 0 fully saturated rings. The van der Waals surface area contributed by atoms with Crippen LogP contribution in [0.1, 0.15) is 32.4 Å². The maximum absolute atomic E-state index is 12.0. The van der Waals surface area contributed by atoms with Crippen LogP contribution in [-0.2, 0) is 11.3 Å². The van der Waals surface area contributed by atoms with Crippen LogP contribution in [0.25, 0.3) is 0 Å². The van der Waals surface area contributed by atoms with E-state index in [2.05, 4.69) is 10.3 Å². The molecule has 0 spiro atoms. The third kappa shape index (κ3) is 7.01. The smallest absolute Gasteiger partial charge is 0.223 e. The minimum absolute atomic E-state index is 0.0809. The van der Waals surface area contributed by atoms with Gasteiger partial charge in [-0.2, -0.15) is 0 Å². The van der Waals surface area contributed by atoms with E-state index in [1.165, 1.54) is 6.07 Å². The van der Waals surface area contributed by atoms with Gasteiger partial charge in [-0.25, -0.2) is 0 Å². The summed E-state index contributed by atoms with van der Waals surface area (Å²) < 4.78 is 11.0. The van der Waals surface area contributed by atoms with E-state index in [9.17, 15) is 9.59 Å². The quantitative estimate of drug-likeness (QED) is 0.640. The summed E-state index contributed by atoms with van der Waals surface area (Å²) in [6.45, 7) is 5.28. The lowest BCUT2D eigenvalue weighted by molar-refractivity contribution is -0.121. The van der Waals surface area contributed by atoms with Crippen molar-refractivity contribution in [3.8, 4) is 11.5 Å². The summed E-state index contributed by atoms with van der Waals surface area (Å²) in [5.74, 6) is 1.36. The lowest BCUT2D eigenvalue weighted by Crippen LogP contribution is -2.24. The van der Waals surface area contributed by atoms with E-state index in [0.29, 0.717) is 43.4 Å². The van der Waals surface area contributed by atoms with E-state index in [0.717, 1.165) is 5.75 Å². The summed E-state index contributed by atoms with van der Waals surface area (Å²) in [5, 5.41) is 2.79. The van der Waals surface area contributed by atoms with Gasteiger partial charge in [0.1, 0.15) is 5.75 Å². The maximum atomic E-state index is 12.0. The molecule has 2 rings (SSSR count). The molecule has 6 nitrogen and oxygen atoms in total. The van der Waals surface area contributed by atoms with E-state index >= 15 is 0 Å². The molecule has 1 heterocycles. The molecule has 0 radical (unpaired) electrons. The van der Waals surface area contributed by atoms with E-state index in [4.69, 9.17) is 9.47 Å². The molecule has 26 heavy (non-hydrogen) atoms. The molecule has 0 aliphatic heterocycles. The predicted octanol–water partition coefficient (Wildman–Crippen LogP) is 2.89. The number of hydrogen-bond donors (Lipinski definition) is 2. The fourth-order valence-electron chi connectivity index (χ4n) is 2.19. The van der Waals surface area contributed by atoms with Gasteiger partial charge in [-0.05, 0) is 24.5 Å². The van der Waals surface area contributed by atoms with Crippen LogP contribution in [0.5, 0.6) is 11.5 Å². The number of hydrogen-bond acceptors (Lipinski definition) is 4. The van der Waals surface area contributed by atoms with E-state index in [1.54, 1.807) is 6.20 Å². The monoisotopic (exact) mass is 358 g/mol. The van der Waals surface area contributed by atoms with Gasteiger partial charge in [0.2, 0.25) is 11.3 Å². The van der Waals surface area contributed by atoms with Crippen molar-refractivity contribution in [2.45, 2.75) is 33.2 Å². The van der Waals surface area contributed by atoms with Crippen molar-refractivity contribution in [2.24, 2.45) is 5.92 Å². The Hall–Kier alpha value is -2.76. The zero-order valence-corrected chi connectivity index (χ0v) is 15.3. The number of aromatic nitrogens is 1. The first kappa shape index (κ1) is 19.6. The number of benzene rings is 1. The maximum Gasteiger partial charge on any atom is 0.223 e. The number of carbonyl (C=O) groups is 1. The zero-order valence-electron chi connectivity index (χ0n) is 15.3. The molecule has 0 bridgehead atoms. The highest BCUT2D eigenvalue weighted by molar-refractivity contribution is 5.75. The number of para-hydroxylation sites is 1. The molecule has 140 valence electrons. The standard InChI is InChI=1S/C20H26N2O4/c1-15(2)14-26-19-13-21-16(11-18(19)23)12-22-20(24)9-6-10-25-17-7-4-3-5-8-17/h3-5,7-8,11,13,15H,6,9-10,12,14H2,1-2H3,(H,21,23)(H,22,24). The fourth-order valence-corrected chi connectivity index (χ4v) is 2.19. The van der Waals surface area contributed by atoms with Crippen LogP contribution in [0.4, 0.5) is 0 Å². The Morgan fingerprint density at radius 2 is 1.96 bits per heavy atom. The number of aromatic amines is 1. The van der Waals surface area contributed by atoms with Crippen LogP contribution in [0, 0.1) is 5.92 Å². The highest BCUT2D eigenvalue weighted by atomic mass is 16.5. The number of ether oxygens (including phenoxy) is 2. The van der Waals surface area contributed by atoms with E-state index in [-0.39, 0.29) is 17.9 Å². The van der Waals surface area contributed by atoms with Crippen molar-refractivity contribution in [3.63, 3.8) is 0 Å². The molecule has 6 heteroatoms. The number of pyridine rings is 1. The first-order chi connectivity index (χ1) is 12.5. The van der Waals surface area contributed by atoms with Gasteiger partial charge < -0.3 is 19.8 Å². The van der Waals surface area contributed by atoms with Gasteiger partial charge in [-0.1, -0.05) is 32.0 Å². The lowest BCUT2D eigenvalue weighted by atomic mass is 10.2. The van der Waals surface area contributed by atoms with Gasteiger partial charge in [0.05, 0.1) is 19.8 Å². The van der Waals surface area contributed by atoms with Crippen molar-refractivity contribution in [2.75, 3.05) is 13.2 Å². The Morgan fingerprint density at radius 3 is 2.65 bits per heavy atom. The summed E-state index contributed by atoms with van der Waals surface area (Å²) in [4.78, 5) is 26.8. The Labute approximate surface area is 153 Å². The summed E-state index contributed by atoms with van der Waals surface area (Å²) in [5.41, 5.74) is 0.450. The van der Waals surface area contributed by atoms with Gasteiger partial charge in [0, 0.05) is 24.4 Å². The van der Waals surface area contributed by atoms with Crippen molar-refractivity contribution in [1.82, 2.24) is 10.3 Å². The van der Waals surface area contributed by atoms with Crippen molar-refractivity contribution >= 4 is 5.91 Å². The molecule has 1 aromatic carbocycles. The normalized spacial score (nSPS) is 10.6. The second-order valence-corrected chi connectivity index (χ2v) is 6.43. The second kappa shape index (κ2) is 10.3. The van der Waals surface area contributed by atoms with Crippen LogP contribution in [0.15, 0.2) is 47.4 Å². The third-order valence-electron chi connectivity index (χ3n) is 3.55. The predicted molar refractivity (Wildman–Crippen MR) is 100 cm³/mol. The van der Waals surface area contributed by atoms with Gasteiger partial charge in [-0.3, -0.25) is 9.59 Å². The van der Waals surface area contributed by atoms with Crippen LogP contribution < -0.4 is 20.2 Å². The second-order valence-electron chi connectivity index (χ2n) is 6.43. The number of carbonyl (C=O) groups excluding carboxylic acids is 1. The first-order valence-corrected chi connectivity index (χ1v) is 8.83. The number of H-pyrrole nitrogens is 1. The largest absolute Gasteiger partial charge is 0.494 e. The molecule has 0 aliphatic rings. The molecule has 0 saturated carbocycles. The molecule has 0 atom stereocenters. The molecule has 2 N–H and O–H groups in total. The molecule has 2 aromatic rings. The van der Waals surface area contributed by atoms with Gasteiger partial charge >= 0.3 is 0 Å². The van der Waals surface area contributed by atoms with E-state index in [1.807, 2.05) is 44.2 Å². The van der Waals surface area contributed by atoms with Gasteiger partial charge in [0.15, 0.2) is 5.75 Å². The fraction of sp³-hybridized carbons (Fsp3) is 0.400.